The van der Waals surface area contributed by atoms with Crippen molar-refractivity contribution in [3.8, 4) is 5.75 Å². The summed E-state index contributed by atoms with van der Waals surface area (Å²) in [6, 6.07) is 14.1. The van der Waals surface area contributed by atoms with Gasteiger partial charge in [-0.05, 0) is 17.7 Å². The maximum Gasteiger partial charge on any atom is 0.193 e. The van der Waals surface area contributed by atoms with Gasteiger partial charge in [-0.2, -0.15) is 0 Å². The van der Waals surface area contributed by atoms with Crippen LogP contribution >= 0.6 is 0 Å². The number of pyridine rings is 1. The molecule has 0 fully saturated rings. The summed E-state index contributed by atoms with van der Waals surface area (Å²) in [5.74, 6) is 1.62. The summed E-state index contributed by atoms with van der Waals surface area (Å²) in [6.45, 7) is 2.05. The Kier molecular flexibility index (Phi) is 6.23. The molecular formula is C17H22N4O. The van der Waals surface area contributed by atoms with Gasteiger partial charge < -0.3 is 15.0 Å². The van der Waals surface area contributed by atoms with Crippen molar-refractivity contribution in [3.63, 3.8) is 0 Å². The highest BCUT2D eigenvalue weighted by Gasteiger charge is 2.05. The van der Waals surface area contributed by atoms with Gasteiger partial charge in [0.1, 0.15) is 12.4 Å². The van der Waals surface area contributed by atoms with Gasteiger partial charge in [0.15, 0.2) is 5.96 Å². The molecule has 0 radical (unpaired) electrons. The first-order valence-electron chi connectivity index (χ1n) is 7.28. The van der Waals surface area contributed by atoms with Crippen LogP contribution in [0.15, 0.2) is 59.9 Å². The Labute approximate surface area is 131 Å². The van der Waals surface area contributed by atoms with Gasteiger partial charge in [0.05, 0.1) is 12.7 Å². The van der Waals surface area contributed by atoms with Gasteiger partial charge in [-0.25, -0.2) is 0 Å². The first-order chi connectivity index (χ1) is 10.8. The third-order valence-corrected chi connectivity index (χ3v) is 3.12. The van der Waals surface area contributed by atoms with E-state index >= 15 is 0 Å². The number of guanidine groups is 1. The summed E-state index contributed by atoms with van der Waals surface area (Å²) in [5, 5.41) is 3.29. The molecule has 0 aliphatic rings. The van der Waals surface area contributed by atoms with Crippen molar-refractivity contribution in [2.24, 2.45) is 4.99 Å². The maximum atomic E-state index is 5.60. The third kappa shape index (κ3) is 5.09. The van der Waals surface area contributed by atoms with E-state index in [1.165, 1.54) is 5.56 Å². The molecule has 0 spiro atoms. The molecule has 0 unspecified atom stereocenters. The van der Waals surface area contributed by atoms with Gasteiger partial charge in [-0.1, -0.05) is 30.3 Å². The van der Waals surface area contributed by atoms with E-state index in [4.69, 9.17) is 4.74 Å². The molecule has 1 aromatic carbocycles. The average Bonchev–Trinajstić information content (AvgIpc) is 2.56. The molecule has 0 saturated heterocycles. The highest BCUT2D eigenvalue weighted by molar-refractivity contribution is 5.79. The fourth-order valence-corrected chi connectivity index (χ4v) is 2.08. The minimum absolute atomic E-state index is 0.559. The van der Waals surface area contributed by atoms with Gasteiger partial charge in [0, 0.05) is 26.8 Å². The normalized spacial score (nSPS) is 11.1. The third-order valence-electron chi connectivity index (χ3n) is 3.12. The number of nitrogens with zero attached hydrogens (tertiary/aromatic N) is 3. The minimum Gasteiger partial charge on any atom is -0.490 e. The molecule has 1 N–H and O–H groups in total. The second kappa shape index (κ2) is 8.67. The summed E-state index contributed by atoms with van der Waals surface area (Å²) in [7, 11) is 3.80. The average molecular weight is 298 g/mol. The topological polar surface area (TPSA) is 49.8 Å². The van der Waals surface area contributed by atoms with Crippen LogP contribution in [0, 0.1) is 0 Å². The lowest BCUT2D eigenvalue weighted by molar-refractivity contribution is 0.318. The van der Waals surface area contributed by atoms with Crippen molar-refractivity contribution in [2.45, 2.75) is 6.54 Å². The second-order valence-corrected chi connectivity index (χ2v) is 4.85. The van der Waals surface area contributed by atoms with Crippen molar-refractivity contribution in [1.82, 2.24) is 15.2 Å². The zero-order valence-corrected chi connectivity index (χ0v) is 13.1. The molecule has 0 atom stereocenters. The van der Waals surface area contributed by atoms with Crippen LogP contribution in [-0.2, 0) is 6.54 Å². The van der Waals surface area contributed by atoms with Crippen LogP contribution in [0.3, 0.4) is 0 Å². The number of aromatic nitrogens is 1. The molecule has 22 heavy (non-hydrogen) atoms. The minimum atomic E-state index is 0.559. The summed E-state index contributed by atoms with van der Waals surface area (Å²) >= 11 is 0. The molecule has 0 aliphatic heterocycles. The number of nitrogens with one attached hydrogen (secondary N) is 1. The van der Waals surface area contributed by atoms with Crippen molar-refractivity contribution in [3.05, 3.63) is 60.4 Å². The van der Waals surface area contributed by atoms with Crippen LogP contribution in [-0.4, -0.2) is 43.1 Å². The quantitative estimate of drug-likeness (QED) is 0.504. The first kappa shape index (κ1) is 15.8. The fourth-order valence-electron chi connectivity index (χ4n) is 2.08. The zero-order valence-electron chi connectivity index (χ0n) is 13.1. The van der Waals surface area contributed by atoms with Gasteiger partial charge in [0.2, 0.25) is 0 Å². The van der Waals surface area contributed by atoms with Crippen molar-refractivity contribution >= 4 is 5.96 Å². The molecule has 1 aromatic heterocycles. The largest absolute Gasteiger partial charge is 0.490 e. The van der Waals surface area contributed by atoms with Gasteiger partial charge >= 0.3 is 0 Å². The van der Waals surface area contributed by atoms with E-state index in [-0.39, 0.29) is 0 Å². The Morgan fingerprint density at radius 3 is 2.73 bits per heavy atom. The predicted octanol–water partition coefficient (Wildman–Crippen LogP) is 2.17. The molecule has 116 valence electrons. The standard InChI is InChI=1S/C17H22N4O/c1-18-17(21(2)14-15-7-4-3-5-8-15)20-11-12-22-16-9-6-10-19-13-16/h3-10,13H,11-12,14H2,1-2H3,(H,18,20). The first-order valence-corrected chi connectivity index (χ1v) is 7.28. The van der Waals surface area contributed by atoms with Crippen LogP contribution in [0.5, 0.6) is 5.75 Å². The number of ether oxygens (including phenoxy) is 1. The number of hydrogen-bond acceptors (Lipinski definition) is 3. The molecule has 5 nitrogen and oxygen atoms in total. The van der Waals surface area contributed by atoms with E-state index in [0.29, 0.717) is 13.2 Å². The Bertz CT molecular complexity index is 572. The smallest absolute Gasteiger partial charge is 0.193 e. The SMILES string of the molecule is CN=C(NCCOc1cccnc1)N(C)Cc1ccccc1. The lowest BCUT2D eigenvalue weighted by Crippen LogP contribution is -2.40. The summed E-state index contributed by atoms with van der Waals surface area (Å²) in [6.07, 6.45) is 3.43. The van der Waals surface area contributed by atoms with Crippen LogP contribution < -0.4 is 10.1 Å². The Balaban J connectivity index is 1.75. The van der Waals surface area contributed by atoms with Crippen LogP contribution in [0.4, 0.5) is 0 Å². The van der Waals surface area contributed by atoms with E-state index < -0.39 is 0 Å². The molecule has 5 heteroatoms. The molecule has 0 amide bonds. The number of hydrogen-bond donors (Lipinski definition) is 1. The zero-order chi connectivity index (χ0) is 15.6. The number of rotatable bonds is 6. The molecule has 0 bridgehead atoms. The molecule has 2 aromatic rings. The van der Waals surface area contributed by atoms with Crippen LogP contribution in [0.1, 0.15) is 5.56 Å². The molecule has 1 heterocycles. The molecule has 2 rings (SSSR count). The van der Waals surface area contributed by atoms with E-state index in [1.54, 1.807) is 19.4 Å². The monoisotopic (exact) mass is 298 g/mol. The molecule has 0 aliphatic carbocycles. The second-order valence-electron chi connectivity index (χ2n) is 4.85. The molecular weight excluding hydrogens is 276 g/mol. The Hall–Kier alpha value is -2.56. The Morgan fingerprint density at radius 2 is 2.05 bits per heavy atom. The van der Waals surface area contributed by atoms with E-state index in [1.807, 2.05) is 37.4 Å². The van der Waals surface area contributed by atoms with Crippen LogP contribution in [0.2, 0.25) is 0 Å². The van der Waals surface area contributed by atoms with Crippen molar-refractivity contribution in [2.75, 3.05) is 27.2 Å². The predicted molar refractivity (Wildman–Crippen MR) is 89.0 cm³/mol. The lowest BCUT2D eigenvalue weighted by atomic mass is 10.2. The van der Waals surface area contributed by atoms with Crippen molar-refractivity contribution < 1.29 is 4.74 Å². The van der Waals surface area contributed by atoms with E-state index in [0.717, 1.165) is 18.3 Å². The fraction of sp³-hybridized carbons (Fsp3) is 0.294. The summed E-state index contributed by atoms with van der Waals surface area (Å²) in [4.78, 5) is 10.4. The number of aliphatic imine (C=N–C) groups is 1. The highest BCUT2D eigenvalue weighted by atomic mass is 16.5. The lowest BCUT2D eigenvalue weighted by Gasteiger charge is -2.22. The number of benzene rings is 1. The maximum absolute atomic E-state index is 5.60. The van der Waals surface area contributed by atoms with Crippen LogP contribution in [0.25, 0.3) is 0 Å². The summed E-state index contributed by atoms with van der Waals surface area (Å²) < 4.78 is 5.60. The van der Waals surface area contributed by atoms with E-state index in [2.05, 4.69) is 32.3 Å². The van der Waals surface area contributed by atoms with Gasteiger partial charge in [-0.15, -0.1) is 0 Å². The Morgan fingerprint density at radius 1 is 1.23 bits per heavy atom. The highest BCUT2D eigenvalue weighted by Crippen LogP contribution is 2.05. The van der Waals surface area contributed by atoms with Gasteiger partial charge in [0.25, 0.3) is 0 Å². The molecule has 0 saturated carbocycles. The summed E-state index contributed by atoms with van der Waals surface area (Å²) in [5.41, 5.74) is 1.25. The van der Waals surface area contributed by atoms with E-state index in [9.17, 15) is 0 Å². The van der Waals surface area contributed by atoms with Gasteiger partial charge in [-0.3, -0.25) is 9.98 Å². The van der Waals surface area contributed by atoms with Crippen molar-refractivity contribution in [1.29, 1.82) is 0 Å².